The molecule has 0 aliphatic heterocycles. The third-order valence-corrected chi connectivity index (χ3v) is 5.72. The second kappa shape index (κ2) is 9.16. The number of carboxylic acids is 1. The number of aromatic nitrogens is 3. The summed E-state index contributed by atoms with van der Waals surface area (Å²) in [4.78, 5) is 19.9. The standard InChI is InChI=1S/C23H25ClN4O4/c1-12(2)31-22-19(24)10-15(11-25-22)21-27-20(28-32-21)18-7-6-16(8-13(18)3)26-17-5-4-14(9-17)23(29)30/h6-8,10-12,14,17,26H,4-5,9H2,1-3H3,(H,29,30)/t14-,17?/m0/s1. The number of anilines is 1. The van der Waals surface area contributed by atoms with Crippen molar-refractivity contribution in [2.75, 3.05) is 5.32 Å². The summed E-state index contributed by atoms with van der Waals surface area (Å²) in [5.74, 6) is 0.167. The van der Waals surface area contributed by atoms with Crippen LogP contribution in [0.3, 0.4) is 0 Å². The van der Waals surface area contributed by atoms with Gasteiger partial charge in [0.1, 0.15) is 5.02 Å². The largest absolute Gasteiger partial charge is 0.481 e. The van der Waals surface area contributed by atoms with Crippen LogP contribution in [0.2, 0.25) is 5.02 Å². The summed E-state index contributed by atoms with van der Waals surface area (Å²) in [5, 5.41) is 17.1. The summed E-state index contributed by atoms with van der Waals surface area (Å²) in [7, 11) is 0. The molecule has 4 rings (SSSR count). The van der Waals surface area contributed by atoms with E-state index in [9.17, 15) is 9.90 Å². The Morgan fingerprint density at radius 1 is 1.31 bits per heavy atom. The van der Waals surface area contributed by atoms with E-state index in [1.165, 1.54) is 0 Å². The summed E-state index contributed by atoms with van der Waals surface area (Å²) in [6, 6.07) is 7.74. The highest BCUT2D eigenvalue weighted by Crippen LogP contribution is 2.32. The van der Waals surface area contributed by atoms with E-state index in [4.69, 9.17) is 20.9 Å². The zero-order valence-corrected chi connectivity index (χ0v) is 18.9. The minimum atomic E-state index is -0.715. The number of hydrogen-bond donors (Lipinski definition) is 2. The third-order valence-electron chi connectivity index (χ3n) is 5.45. The first-order valence-corrected chi connectivity index (χ1v) is 10.9. The van der Waals surface area contributed by atoms with Crippen LogP contribution in [0.4, 0.5) is 5.69 Å². The second-order valence-corrected chi connectivity index (χ2v) is 8.73. The maximum atomic E-state index is 11.2. The van der Waals surface area contributed by atoms with Crippen molar-refractivity contribution in [3.8, 4) is 28.7 Å². The molecule has 2 atom stereocenters. The van der Waals surface area contributed by atoms with E-state index in [0.29, 0.717) is 41.0 Å². The van der Waals surface area contributed by atoms with Gasteiger partial charge < -0.3 is 19.7 Å². The molecular formula is C23H25ClN4O4. The van der Waals surface area contributed by atoms with Gasteiger partial charge in [-0.1, -0.05) is 16.8 Å². The number of halogens is 1. The quantitative estimate of drug-likeness (QED) is 0.498. The van der Waals surface area contributed by atoms with E-state index in [1.54, 1.807) is 12.3 Å². The van der Waals surface area contributed by atoms with Crippen molar-refractivity contribution in [1.29, 1.82) is 0 Å². The molecule has 1 aliphatic rings. The Balaban J connectivity index is 1.48. The van der Waals surface area contributed by atoms with Crippen LogP contribution in [-0.4, -0.2) is 38.3 Å². The van der Waals surface area contributed by atoms with Gasteiger partial charge in [-0.3, -0.25) is 4.79 Å². The van der Waals surface area contributed by atoms with E-state index >= 15 is 0 Å². The normalized spacial score (nSPS) is 18.2. The van der Waals surface area contributed by atoms with Crippen molar-refractivity contribution >= 4 is 23.3 Å². The molecule has 1 aromatic carbocycles. The first kappa shape index (κ1) is 22.1. The highest BCUT2D eigenvalue weighted by atomic mass is 35.5. The van der Waals surface area contributed by atoms with Crippen LogP contribution in [0.5, 0.6) is 5.88 Å². The lowest BCUT2D eigenvalue weighted by Gasteiger charge is -2.15. The molecule has 0 spiro atoms. The van der Waals surface area contributed by atoms with Crippen molar-refractivity contribution in [3.63, 3.8) is 0 Å². The molecule has 9 heteroatoms. The van der Waals surface area contributed by atoms with E-state index in [2.05, 4.69) is 20.4 Å². The molecule has 168 valence electrons. The molecule has 2 N–H and O–H groups in total. The molecule has 0 amide bonds. The Bertz CT molecular complexity index is 1130. The van der Waals surface area contributed by atoms with Crippen LogP contribution >= 0.6 is 11.6 Å². The van der Waals surface area contributed by atoms with Gasteiger partial charge in [-0.25, -0.2) is 4.98 Å². The summed E-state index contributed by atoms with van der Waals surface area (Å²) in [6.45, 7) is 5.78. The molecule has 0 saturated heterocycles. The number of aliphatic carboxylic acids is 1. The molecule has 1 fully saturated rings. The average molecular weight is 457 g/mol. The predicted molar refractivity (Wildman–Crippen MR) is 121 cm³/mol. The van der Waals surface area contributed by atoms with Gasteiger partial charge in [0.15, 0.2) is 0 Å². The van der Waals surface area contributed by atoms with Crippen molar-refractivity contribution < 1.29 is 19.2 Å². The molecule has 0 radical (unpaired) electrons. The molecule has 2 aromatic heterocycles. The van der Waals surface area contributed by atoms with Crippen molar-refractivity contribution in [1.82, 2.24) is 15.1 Å². The Hall–Kier alpha value is -3.13. The zero-order chi connectivity index (χ0) is 22.8. The summed E-state index contributed by atoms with van der Waals surface area (Å²) in [6.07, 6.45) is 3.76. The van der Waals surface area contributed by atoms with Gasteiger partial charge in [0.25, 0.3) is 5.89 Å². The molecule has 2 heterocycles. The number of nitrogens with zero attached hydrogens (tertiary/aromatic N) is 3. The van der Waals surface area contributed by atoms with E-state index in [0.717, 1.165) is 23.2 Å². The number of nitrogens with one attached hydrogen (secondary N) is 1. The molecule has 8 nitrogen and oxygen atoms in total. The highest BCUT2D eigenvalue weighted by Gasteiger charge is 2.29. The fraction of sp³-hybridized carbons (Fsp3) is 0.391. The van der Waals surface area contributed by atoms with Crippen LogP contribution in [-0.2, 0) is 4.79 Å². The SMILES string of the molecule is Cc1cc(NC2CC[C@H](C(=O)O)C2)ccc1-c1noc(-c2cnc(OC(C)C)c(Cl)c2)n1. The summed E-state index contributed by atoms with van der Waals surface area (Å²) in [5.41, 5.74) is 3.38. The van der Waals surface area contributed by atoms with Gasteiger partial charge in [-0.2, -0.15) is 4.98 Å². The number of carboxylic acid groups (broad SMARTS) is 1. The number of pyridine rings is 1. The van der Waals surface area contributed by atoms with E-state index in [1.807, 2.05) is 39.0 Å². The first-order valence-electron chi connectivity index (χ1n) is 10.6. The minimum absolute atomic E-state index is 0.0337. The molecule has 3 aromatic rings. The fourth-order valence-electron chi connectivity index (χ4n) is 3.88. The van der Waals surface area contributed by atoms with Gasteiger partial charge in [-0.15, -0.1) is 0 Å². The number of rotatable bonds is 7. The highest BCUT2D eigenvalue weighted by molar-refractivity contribution is 6.32. The topological polar surface area (TPSA) is 110 Å². The number of carbonyl (C=O) groups is 1. The third kappa shape index (κ3) is 4.85. The smallest absolute Gasteiger partial charge is 0.306 e. The molecule has 0 bridgehead atoms. The van der Waals surface area contributed by atoms with E-state index < -0.39 is 5.97 Å². The molecule has 1 saturated carbocycles. The first-order chi connectivity index (χ1) is 15.3. The molecule has 1 aliphatic carbocycles. The van der Waals surface area contributed by atoms with Gasteiger partial charge in [-0.05, 0) is 69.9 Å². The Labute approximate surface area is 191 Å². The summed E-state index contributed by atoms with van der Waals surface area (Å²) >= 11 is 6.27. The Morgan fingerprint density at radius 3 is 2.78 bits per heavy atom. The number of hydrogen-bond acceptors (Lipinski definition) is 7. The van der Waals surface area contributed by atoms with Gasteiger partial charge in [0.05, 0.1) is 17.6 Å². The van der Waals surface area contributed by atoms with Crippen LogP contribution in [0, 0.1) is 12.8 Å². The van der Waals surface area contributed by atoms with Gasteiger partial charge in [0, 0.05) is 23.5 Å². The fourth-order valence-corrected chi connectivity index (χ4v) is 4.09. The number of benzene rings is 1. The van der Waals surface area contributed by atoms with Crippen LogP contribution < -0.4 is 10.1 Å². The lowest BCUT2D eigenvalue weighted by Crippen LogP contribution is -2.17. The monoisotopic (exact) mass is 456 g/mol. The van der Waals surface area contributed by atoms with Crippen LogP contribution in [0.15, 0.2) is 35.0 Å². The maximum absolute atomic E-state index is 11.2. The lowest BCUT2D eigenvalue weighted by atomic mass is 10.1. The average Bonchev–Trinajstić information content (AvgIpc) is 3.39. The second-order valence-electron chi connectivity index (χ2n) is 8.32. The zero-order valence-electron chi connectivity index (χ0n) is 18.1. The van der Waals surface area contributed by atoms with Gasteiger partial charge >= 0.3 is 5.97 Å². The van der Waals surface area contributed by atoms with Gasteiger partial charge in [0.2, 0.25) is 11.7 Å². The molecule has 1 unspecified atom stereocenters. The maximum Gasteiger partial charge on any atom is 0.306 e. The van der Waals surface area contributed by atoms with Crippen molar-refractivity contribution in [3.05, 3.63) is 41.0 Å². The van der Waals surface area contributed by atoms with E-state index in [-0.39, 0.29) is 18.1 Å². The van der Waals surface area contributed by atoms with Crippen LogP contribution in [0.1, 0.15) is 38.7 Å². The predicted octanol–water partition coefficient (Wildman–Crippen LogP) is 5.21. The van der Waals surface area contributed by atoms with Crippen molar-refractivity contribution in [2.45, 2.75) is 52.2 Å². The Morgan fingerprint density at radius 2 is 2.12 bits per heavy atom. The minimum Gasteiger partial charge on any atom is -0.481 e. The number of ether oxygens (including phenoxy) is 1. The van der Waals surface area contributed by atoms with Crippen LogP contribution in [0.25, 0.3) is 22.8 Å². The molecule has 32 heavy (non-hydrogen) atoms. The number of aryl methyl sites for hydroxylation is 1. The molecular weight excluding hydrogens is 432 g/mol. The lowest BCUT2D eigenvalue weighted by molar-refractivity contribution is -0.141. The Kier molecular flexibility index (Phi) is 6.32. The van der Waals surface area contributed by atoms with Crippen molar-refractivity contribution in [2.24, 2.45) is 5.92 Å². The summed E-state index contributed by atoms with van der Waals surface area (Å²) < 4.78 is 11.0.